The van der Waals surface area contributed by atoms with Gasteiger partial charge in [-0.2, -0.15) is 14.1 Å². The van der Waals surface area contributed by atoms with Gasteiger partial charge in [0.05, 0.1) is 18.2 Å². The van der Waals surface area contributed by atoms with E-state index in [2.05, 4.69) is 52.4 Å². The van der Waals surface area contributed by atoms with Gasteiger partial charge in [-0.3, -0.25) is 0 Å². The highest BCUT2D eigenvalue weighted by molar-refractivity contribution is 6.84. The highest BCUT2D eigenvalue weighted by Gasteiger charge is 2.44. The molecule has 9 aromatic carbocycles. The molecule has 382 valence electrons. The van der Waals surface area contributed by atoms with E-state index in [9.17, 15) is 2.74 Å². The van der Waals surface area contributed by atoms with E-state index >= 15 is 0 Å². The Morgan fingerprint density at radius 3 is 1.85 bits per heavy atom. The molecule has 3 heterocycles. The number of aryl methyl sites for hydroxylation is 3. The van der Waals surface area contributed by atoms with Gasteiger partial charge in [0.25, 0.3) is 6.33 Å². The number of aromatic nitrogens is 3. The molecule has 0 fully saturated rings. The van der Waals surface area contributed by atoms with Crippen molar-refractivity contribution in [2.75, 3.05) is 9.62 Å². The normalized spacial score (nSPS) is 15.7. The van der Waals surface area contributed by atoms with Crippen LogP contribution < -0.4 is 24.4 Å². The number of anilines is 4. The molecule has 0 bridgehead atoms. The molecule has 0 spiro atoms. The lowest BCUT2D eigenvalue weighted by Gasteiger charge is -2.29. The maximum atomic E-state index is 9.46. The van der Waals surface area contributed by atoms with Gasteiger partial charge in [0.15, 0.2) is 11.0 Å². The summed E-state index contributed by atoms with van der Waals surface area (Å²) >= 11 is 0. The minimum Gasteiger partial charge on any atom is -0.439 e. The molecule has 0 aliphatic carbocycles. The van der Waals surface area contributed by atoms with Crippen LogP contribution in [-0.2, 0) is 10.8 Å². The van der Waals surface area contributed by atoms with E-state index in [1.165, 1.54) is 12.1 Å². The van der Waals surface area contributed by atoms with Gasteiger partial charge in [-0.25, -0.2) is 0 Å². The monoisotopic (exact) mass is 1030 g/mol. The summed E-state index contributed by atoms with van der Waals surface area (Å²) in [6, 6.07) is 56.1. The summed E-state index contributed by atoms with van der Waals surface area (Å²) in [5, 5.41) is 0. The molecular formula is C71H65BN5O+. The fourth-order valence-corrected chi connectivity index (χ4v) is 10.6. The molecule has 0 radical (unpaired) electrons. The van der Waals surface area contributed by atoms with Crippen molar-refractivity contribution in [2.24, 2.45) is 0 Å². The molecule has 12 rings (SSSR count). The number of hydrogen-bond donors (Lipinski definition) is 0. The highest BCUT2D eigenvalue weighted by atomic mass is 16.5. The first kappa shape index (κ1) is 36.2. The average molecular weight is 1030 g/mol. The largest absolute Gasteiger partial charge is 0.439 e. The van der Waals surface area contributed by atoms with Gasteiger partial charge in [-0.05, 0) is 154 Å². The number of pyridine rings is 1. The third-order valence-corrected chi connectivity index (χ3v) is 14.4. The van der Waals surface area contributed by atoms with Gasteiger partial charge in [0.2, 0.25) is 5.88 Å². The fraction of sp³-hybridized carbons (Fsp3) is 0.155. The zero-order valence-corrected chi connectivity index (χ0v) is 44.3. The maximum absolute atomic E-state index is 9.46. The molecule has 1 aliphatic heterocycles. The fourth-order valence-electron chi connectivity index (χ4n) is 10.6. The summed E-state index contributed by atoms with van der Waals surface area (Å²) in [6.07, 6.45) is 1.77. The third-order valence-electron chi connectivity index (χ3n) is 14.4. The first-order chi connectivity index (χ1) is 43.4. The topological polar surface area (TPSA) is 37.4 Å². The molecule has 2 aromatic heterocycles. The van der Waals surface area contributed by atoms with Crippen LogP contribution in [-0.4, -0.2) is 16.5 Å². The molecule has 0 saturated heterocycles. The van der Waals surface area contributed by atoms with Crippen molar-refractivity contribution in [1.29, 1.82) is 0 Å². The van der Waals surface area contributed by atoms with Crippen molar-refractivity contribution in [1.82, 2.24) is 9.55 Å². The minimum absolute atomic E-state index is 0.0531. The number of rotatable bonds is 10. The van der Waals surface area contributed by atoms with Crippen LogP contribution in [0.3, 0.4) is 0 Å². The van der Waals surface area contributed by atoms with Gasteiger partial charge in [-0.1, -0.05) is 187 Å². The quantitative estimate of drug-likeness (QED) is 0.101. The van der Waals surface area contributed by atoms with Crippen LogP contribution >= 0.6 is 0 Å². The lowest BCUT2D eigenvalue weighted by molar-refractivity contribution is -0.566. The van der Waals surface area contributed by atoms with E-state index < -0.39 is 68.6 Å². The minimum atomic E-state index is -2.74. The molecule has 0 N–H and O–H groups in total. The Bertz CT molecular complexity index is 4630. The molecule has 78 heavy (non-hydrogen) atoms. The van der Waals surface area contributed by atoms with Crippen LogP contribution in [0.15, 0.2) is 231 Å². The molecule has 0 saturated carbocycles. The zero-order valence-electron chi connectivity index (χ0n) is 58.3. The van der Waals surface area contributed by atoms with Gasteiger partial charge >= 0.3 is 6.98 Å². The second kappa shape index (κ2) is 19.9. The number of hydrogen-bond acceptors (Lipinski definition) is 4. The second-order valence-corrected chi connectivity index (χ2v) is 21.8. The number of nitrogens with zero attached hydrogens (tertiary/aromatic N) is 5. The van der Waals surface area contributed by atoms with Crippen LogP contribution in [0.5, 0.6) is 11.6 Å². The lowest BCUT2D eigenvalue weighted by atomic mass is 9.65. The van der Waals surface area contributed by atoms with E-state index in [-0.39, 0.29) is 45.3 Å². The van der Waals surface area contributed by atoms with Crippen LogP contribution in [0.2, 0.25) is 0 Å². The van der Waals surface area contributed by atoms with Crippen molar-refractivity contribution < 1.29 is 28.5 Å². The Balaban J connectivity index is 1.13. The van der Waals surface area contributed by atoms with Crippen LogP contribution in [0, 0.1) is 20.6 Å². The lowest BCUT2D eigenvalue weighted by Crippen LogP contribution is -2.53. The maximum Gasteiger partial charge on any atom is 0.421 e. The molecule has 0 unspecified atom stereocenters. The Kier molecular flexibility index (Phi) is 9.22. The van der Waals surface area contributed by atoms with Crippen LogP contribution in [0.4, 0.5) is 22.9 Å². The van der Waals surface area contributed by atoms with Crippen LogP contribution in [0.1, 0.15) is 88.6 Å². The van der Waals surface area contributed by atoms with E-state index in [1.54, 1.807) is 54.9 Å². The molecule has 7 heteroatoms. The third kappa shape index (κ3) is 9.44. The second-order valence-electron chi connectivity index (χ2n) is 21.8. The van der Waals surface area contributed by atoms with Crippen molar-refractivity contribution in [3.63, 3.8) is 0 Å². The molecule has 0 atom stereocenters. The van der Waals surface area contributed by atoms with E-state index in [1.807, 2.05) is 141 Å². The van der Waals surface area contributed by atoms with Crippen molar-refractivity contribution in [3.8, 4) is 56.4 Å². The summed E-state index contributed by atoms with van der Waals surface area (Å²) < 4.78 is 136. The van der Waals surface area contributed by atoms with E-state index in [0.29, 0.717) is 44.7 Å². The Morgan fingerprint density at radius 1 is 0.526 bits per heavy atom. The van der Waals surface area contributed by atoms with Gasteiger partial charge in [0.1, 0.15) is 22.9 Å². The first-order valence-corrected chi connectivity index (χ1v) is 26.0. The number of benzene rings is 9. The smallest absolute Gasteiger partial charge is 0.421 e. The summed E-state index contributed by atoms with van der Waals surface area (Å²) in [4.78, 5) is 9.36. The Labute approximate surface area is 480 Å². The zero-order chi connectivity index (χ0) is 65.7. The molecule has 11 aromatic rings. The van der Waals surface area contributed by atoms with Crippen molar-refractivity contribution in [2.45, 2.75) is 72.9 Å². The molecular weight excluding hydrogens is 950 g/mol. The Hall–Kier alpha value is -8.94. The van der Waals surface area contributed by atoms with Gasteiger partial charge in [-0.15, -0.1) is 0 Å². The predicted octanol–water partition coefficient (Wildman–Crippen LogP) is 17.3. The standard InChI is InChI=1S/C71H65BN5O/c1-48-37-61(51-26-13-10-14-27-51)69(62(38-48)52-41-54(70(4,5)6)45-55(42-52)71(7,8)9)75-47-74(63-33-21-22-34-64(63)75)58-43-53(60-32-20-19-25-50(60)3)44-59(46-58)78-68-40-49(2)39-67(73-68)77-66-36-24-23-35-65(66)76(57-30-17-12-18-31-57)72(77)56-28-15-11-16-29-56/h10-47H,1-9H3/q+1/i1D3,2D3,3D3,10D,13D,14D,26D,27D. The summed E-state index contributed by atoms with van der Waals surface area (Å²) in [5.74, 6) is 0.338. The first-order valence-electron chi connectivity index (χ1n) is 33.0. The number of imidazole rings is 1. The molecule has 1 aliphatic rings. The van der Waals surface area contributed by atoms with Crippen molar-refractivity contribution in [3.05, 3.63) is 258 Å². The van der Waals surface area contributed by atoms with Gasteiger partial charge < -0.3 is 14.4 Å². The number of ether oxygens (including phenoxy) is 1. The van der Waals surface area contributed by atoms with E-state index in [0.717, 1.165) is 33.7 Å². The van der Waals surface area contributed by atoms with Crippen molar-refractivity contribution >= 4 is 46.4 Å². The SMILES string of the molecule is [2H]c1c([2H])c([2H])c(-c2cc(C([2H])([2H])[2H])cc(-c3cc(C(C)(C)C)cc(C(C)(C)C)c3)c2-[n+]2cn(-c3cc(Oc4cc(C([2H])([2H])[2H])cc(N5B(c6ccccc6)N(c6ccccc6)c6ccccc65)n4)cc(-c4ccccc4C([2H])([2H])[2H])c3)c3ccccc32)c([2H])c1[2H]. The van der Waals surface area contributed by atoms with Crippen LogP contribution in [0.25, 0.3) is 55.8 Å². The highest BCUT2D eigenvalue weighted by Crippen LogP contribution is 2.47. The number of para-hydroxylation sites is 5. The summed E-state index contributed by atoms with van der Waals surface area (Å²) in [5.41, 5.74) is 7.82. The molecule has 6 nitrogen and oxygen atoms in total. The van der Waals surface area contributed by atoms with E-state index in [4.69, 9.17) is 26.2 Å². The summed E-state index contributed by atoms with van der Waals surface area (Å²) in [6.45, 7) is 4.01. The van der Waals surface area contributed by atoms with Gasteiger partial charge in [0, 0.05) is 41.3 Å². The molecule has 0 amide bonds. The predicted molar refractivity (Wildman–Crippen MR) is 326 cm³/mol. The summed E-state index contributed by atoms with van der Waals surface area (Å²) in [7, 11) is 0. The number of fused-ring (bicyclic) bond motifs is 2. The average Bonchev–Trinajstić information content (AvgIpc) is 1.44. The Morgan fingerprint density at radius 2 is 1.14 bits per heavy atom.